The maximum absolute atomic E-state index is 12.5. The van der Waals surface area contributed by atoms with Crippen molar-refractivity contribution >= 4 is 35.2 Å². The maximum Gasteiger partial charge on any atom is 0.410 e. The number of hydrogen-bond acceptors (Lipinski definition) is 3. The van der Waals surface area contributed by atoms with E-state index in [0.29, 0.717) is 41.8 Å². The topological polar surface area (TPSA) is 49.9 Å². The number of benzene rings is 1. The van der Waals surface area contributed by atoms with Crippen LogP contribution in [0.1, 0.15) is 26.3 Å². The van der Waals surface area contributed by atoms with Crippen LogP contribution in [0.25, 0.3) is 0 Å². The van der Waals surface area contributed by atoms with Gasteiger partial charge in [0.1, 0.15) is 5.60 Å². The average molecular weight is 373 g/mol. The molecule has 0 N–H and O–H groups in total. The van der Waals surface area contributed by atoms with E-state index < -0.39 is 5.60 Å². The molecule has 1 fully saturated rings. The van der Waals surface area contributed by atoms with Crippen LogP contribution in [0.3, 0.4) is 0 Å². The van der Waals surface area contributed by atoms with Gasteiger partial charge in [-0.2, -0.15) is 0 Å². The van der Waals surface area contributed by atoms with Gasteiger partial charge in [0.25, 0.3) is 0 Å². The summed E-state index contributed by atoms with van der Waals surface area (Å²) in [6.07, 6.45) is -0.186. The third kappa shape index (κ3) is 5.02. The van der Waals surface area contributed by atoms with Crippen LogP contribution in [-0.4, -0.2) is 53.6 Å². The lowest BCUT2D eigenvalue weighted by Gasteiger charge is -2.35. The van der Waals surface area contributed by atoms with Crippen molar-refractivity contribution in [2.75, 3.05) is 26.2 Å². The van der Waals surface area contributed by atoms with Crippen LogP contribution in [0.4, 0.5) is 4.79 Å². The quantitative estimate of drug-likeness (QED) is 0.796. The van der Waals surface area contributed by atoms with Crippen molar-refractivity contribution in [1.29, 1.82) is 0 Å². The monoisotopic (exact) mass is 372 g/mol. The molecular formula is C17H22Cl2N2O3. The molecule has 1 saturated heterocycles. The highest BCUT2D eigenvalue weighted by molar-refractivity contribution is 6.36. The second-order valence-electron chi connectivity index (χ2n) is 6.73. The lowest BCUT2D eigenvalue weighted by molar-refractivity contribution is -0.132. The van der Waals surface area contributed by atoms with Gasteiger partial charge in [-0.25, -0.2) is 4.79 Å². The molecule has 2 amide bonds. The van der Waals surface area contributed by atoms with Gasteiger partial charge in [-0.3, -0.25) is 4.79 Å². The van der Waals surface area contributed by atoms with Crippen LogP contribution in [0, 0.1) is 0 Å². The molecule has 0 saturated carbocycles. The van der Waals surface area contributed by atoms with Crippen LogP contribution in [0.15, 0.2) is 18.2 Å². The third-order valence-corrected chi connectivity index (χ3v) is 4.38. The zero-order valence-electron chi connectivity index (χ0n) is 14.1. The Bertz CT molecular complexity index is 601. The molecule has 1 aliphatic heterocycles. The van der Waals surface area contributed by atoms with Gasteiger partial charge in [-0.05, 0) is 38.5 Å². The summed E-state index contributed by atoms with van der Waals surface area (Å²) in [5.74, 6) is -0.0474. The first kappa shape index (κ1) is 18.9. The Hall–Kier alpha value is -1.46. The Balaban J connectivity index is 1.90. The fourth-order valence-electron chi connectivity index (χ4n) is 2.43. The van der Waals surface area contributed by atoms with E-state index in [9.17, 15) is 9.59 Å². The Morgan fingerprint density at radius 3 is 2.04 bits per heavy atom. The Morgan fingerprint density at radius 2 is 1.54 bits per heavy atom. The molecule has 1 aromatic carbocycles. The molecule has 132 valence electrons. The number of hydrogen-bond donors (Lipinski definition) is 0. The number of piperazine rings is 1. The number of amides is 2. The number of carbonyl (C=O) groups excluding carboxylic acids is 2. The van der Waals surface area contributed by atoms with E-state index in [4.69, 9.17) is 27.9 Å². The summed E-state index contributed by atoms with van der Waals surface area (Å²) < 4.78 is 5.35. The van der Waals surface area contributed by atoms with Crippen molar-refractivity contribution in [3.05, 3.63) is 33.8 Å². The van der Waals surface area contributed by atoms with Gasteiger partial charge in [0.2, 0.25) is 5.91 Å². The number of rotatable bonds is 2. The Kier molecular flexibility index (Phi) is 5.99. The first-order valence-corrected chi connectivity index (χ1v) is 8.61. The van der Waals surface area contributed by atoms with E-state index in [0.717, 1.165) is 0 Å². The number of carbonyl (C=O) groups is 2. The van der Waals surface area contributed by atoms with Crippen molar-refractivity contribution in [3.63, 3.8) is 0 Å². The molecule has 2 rings (SSSR count). The Morgan fingerprint density at radius 1 is 1.04 bits per heavy atom. The summed E-state index contributed by atoms with van der Waals surface area (Å²) in [5, 5.41) is 0.978. The Labute approximate surface area is 152 Å². The van der Waals surface area contributed by atoms with Crippen molar-refractivity contribution in [2.24, 2.45) is 0 Å². The molecule has 0 aliphatic carbocycles. The lowest BCUT2D eigenvalue weighted by Crippen LogP contribution is -2.52. The van der Waals surface area contributed by atoms with Crippen LogP contribution < -0.4 is 0 Å². The summed E-state index contributed by atoms with van der Waals surface area (Å²) in [7, 11) is 0. The molecule has 1 aliphatic rings. The highest BCUT2D eigenvalue weighted by Gasteiger charge is 2.28. The van der Waals surface area contributed by atoms with E-state index in [1.54, 1.807) is 28.0 Å². The highest BCUT2D eigenvalue weighted by Crippen LogP contribution is 2.25. The van der Waals surface area contributed by atoms with Crippen molar-refractivity contribution in [2.45, 2.75) is 32.8 Å². The zero-order valence-corrected chi connectivity index (χ0v) is 15.7. The lowest BCUT2D eigenvalue weighted by atomic mass is 10.1. The largest absolute Gasteiger partial charge is 0.444 e. The number of ether oxygens (including phenoxy) is 1. The van der Waals surface area contributed by atoms with E-state index in [1.807, 2.05) is 20.8 Å². The minimum atomic E-state index is -0.523. The van der Waals surface area contributed by atoms with E-state index in [-0.39, 0.29) is 18.4 Å². The normalized spacial score (nSPS) is 15.4. The van der Waals surface area contributed by atoms with Crippen molar-refractivity contribution in [3.8, 4) is 0 Å². The maximum atomic E-state index is 12.5. The summed E-state index contributed by atoms with van der Waals surface area (Å²) >= 11 is 12.2. The predicted molar refractivity (Wildman–Crippen MR) is 94.6 cm³/mol. The molecule has 0 aromatic heterocycles. The first-order valence-electron chi connectivity index (χ1n) is 7.86. The second-order valence-corrected chi connectivity index (χ2v) is 7.54. The van der Waals surface area contributed by atoms with Crippen LogP contribution >= 0.6 is 23.2 Å². The van der Waals surface area contributed by atoms with Gasteiger partial charge < -0.3 is 14.5 Å². The molecule has 1 aromatic rings. The van der Waals surface area contributed by atoms with E-state index >= 15 is 0 Å². The smallest absolute Gasteiger partial charge is 0.410 e. The van der Waals surface area contributed by atoms with Crippen LogP contribution in [0.2, 0.25) is 10.0 Å². The molecule has 5 nitrogen and oxygen atoms in total. The molecule has 0 radical (unpaired) electrons. The van der Waals surface area contributed by atoms with E-state index in [2.05, 4.69) is 0 Å². The van der Waals surface area contributed by atoms with Gasteiger partial charge in [0.15, 0.2) is 0 Å². The molecule has 0 bridgehead atoms. The van der Waals surface area contributed by atoms with Crippen molar-refractivity contribution in [1.82, 2.24) is 9.80 Å². The summed E-state index contributed by atoms with van der Waals surface area (Å²) in [4.78, 5) is 27.8. The predicted octanol–water partition coefficient (Wildman–Crippen LogP) is 3.62. The molecule has 1 heterocycles. The minimum Gasteiger partial charge on any atom is -0.444 e. The van der Waals surface area contributed by atoms with Gasteiger partial charge >= 0.3 is 6.09 Å². The average Bonchev–Trinajstić information content (AvgIpc) is 2.49. The summed E-state index contributed by atoms with van der Waals surface area (Å²) in [6, 6.07) is 5.19. The fourth-order valence-corrected chi connectivity index (χ4v) is 2.96. The highest BCUT2D eigenvalue weighted by atomic mass is 35.5. The van der Waals surface area contributed by atoms with Gasteiger partial charge in [0.05, 0.1) is 6.42 Å². The van der Waals surface area contributed by atoms with Gasteiger partial charge in [-0.1, -0.05) is 29.3 Å². The molecular weight excluding hydrogens is 351 g/mol. The third-order valence-electron chi connectivity index (χ3n) is 3.67. The summed E-state index contributed by atoms with van der Waals surface area (Å²) in [5.41, 5.74) is 0.116. The minimum absolute atomic E-state index is 0.0474. The fraction of sp³-hybridized carbons (Fsp3) is 0.529. The number of nitrogens with zero attached hydrogens (tertiary/aromatic N) is 2. The molecule has 0 spiro atoms. The molecule has 7 heteroatoms. The molecule has 0 unspecified atom stereocenters. The number of halogens is 2. The second kappa shape index (κ2) is 7.62. The summed E-state index contributed by atoms with van der Waals surface area (Å²) in [6.45, 7) is 7.35. The standard InChI is InChI=1S/C17H22Cl2N2O3/c1-17(2,3)24-16(23)21-9-7-20(8-10-21)15(22)11-12-13(18)5-4-6-14(12)19/h4-6H,7-11H2,1-3H3. The van der Waals surface area contributed by atoms with Gasteiger partial charge in [0, 0.05) is 36.2 Å². The van der Waals surface area contributed by atoms with Crippen molar-refractivity contribution < 1.29 is 14.3 Å². The van der Waals surface area contributed by atoms with Gasteiger partial charge in [-0.15, -0.1) is 0 Å². The zero-order chi connectivity index (χ0) is 17.9. The first-order chi connectivity index (χ1) is 11.2. The molecule has 24 heavy (non-hydrogen) atoms. The van der Waals surface area contributed by atoms with E-state index in [1.165, 1.54) is 0 Å². The molecule has 0 atom stereocenters. The van der Waals surface area contributed by atoms with Crippen LogP contribution in [0.5, 0.6) is 0 Å². The van der Waals surface area contributed by atoms with Crippen LogP contribution in [-0.2, 0) is 16.0 Å². The SMILES string of the molecule is CC(C)(C)OC(=O)N1CCN(C(=O)Cc2c(Cl)cccc2Cl)CC1.